The number of benzene rings is 1. The lowest BCUT2D eigenvalue weighted by molar-refractivity contribution is -0.142. The maximum atomic E-state index is 12.8. The van der Waals surface area contributed by atoms with E-state index in [1.54, 1.807) is 0 Å². The van der Waals surface area contributed by atoms with Crippen molar-refractivity contribution in [3.63, 3.8) is 0 Å². The van der Waals surface area contributed by atoms with Crippen molar-refractivity contribution in [1.29, 1.82) is 0 Å². The predicted octanol–water partition coefficient (Wildman–Crippen LogP) is 1.79. The number of nitrogens with one attached hydrogen (secondary N) is 1. The number of rotatable bonds is 2. The summed E-state index contributed by atoms with van der Waals surface area (Å²) in [6, 6.07) is 7.99. The number of hydrogen-bond donors (Lipinski definition) is 1. The van der Waals surface area contributed by atoms with E-state index in [0.717, 1.165) is 18.2 Å². The van der Waals surface area contributed by atoms with Gasteiger partial charge in [0.05, 0.1) is 0 Å². The summed E-state index contributed by atoms with van der Waals surface area (Å²) in [6.45, 7) is 3.10. The largest absolute Gasteiger partial charge is 0.485 e. The van der Waals surface area contributed by atoms with Crippen LogP contribution in [0.1, 0.15) is 25.7 Å². The first-order chi connectivity index (χ1) is 12.7. The highest BCUT2D eigenvalue weighted by molar-refractivity contribution is 7.80. The quantitative estimate of drug-likeness (QED) is 0.796. The highest BCUT2D eigenvalue weighted by Gasteiger charge is 2.33. The summed E-state index contributed by atoms with van der Waals surface area (Å²) in [4.78, 5) is 16.8. The van der Waals surface area contributed by atoms with Gasteiger partial charge in [-0.3, -0.25) is 4.79 Å². The van der Waals surface area contributed by atoms with Crippen LogP contribution in [0.15, 0.2) is 24.3 Å². The van der Waals surface area contributed by atoms with Crippen LogP contribution in [0.25, 0.3) is 0 Å². The van der Waals surface area contributed by atoms with Crippen molar-refractivity contribution in [3.8, 4) is 11.5 Å². The van der Waals surface area contributed by atoms with Crippen molar-refractivity contribution in [2.45, 2.75) is 37.8 Å². The van der Waals surface area contributed by atoms with Crippen LogP contribution in [0.2, 0.25) is 0 Å². The SMILES string of the molecule is O=C(C1COc2ccccc2O1)N1CCN(C(=S)NC2CCCC2)CC1. The molecule has 6 nitrogen and oxygen atoms in total. The molecule has 1 amide bonds. The molecule has 1 aromatic carbocycles. The van der Waals surface area contributed by atoms with Gasteiger partial charge in [-0.25, -0.2) is 0 Å². The number of hydrogen-bond acceptors (Lipinski definition) is 4. The molecule has 0 radical (unpaired) electrons. The molecule has 1 N–H and O–H groups in total. The number of nitrogens with zero attached hydrogens (tertiary/aromatic N) is 2. The monoisotopic (exact) mass is 375 g/mol. The molecule has 1 saturated carbocycles. The number of thiocarbonyl (C=S) groups is 1. The van der Waals surface area contributed by atoms with E-state index < -0.39 is 6.10 Å². The second kappa shape index (κ2) is 7.70. The third-order valence-electron chi connectivity index (χ3n) is 5.35. The first kappa shape index (κ1) is 17.4. The minimum atomic E-state index is -0.569. The molecule has 1 unspecified atom stereocenters. The number of ether oxygens (including phenoxy) is 2. The number of piperazine rings is 1. The normalized spacial score (nSPS) is 23.0. The second-order valence-electron chi connectivity index (χ2n) is 7.11. The fourth-order valence-electron chi connectivity index (χ4n) is 3.81. The van der Waals surface area contributed by atoms with Gasteiger partial charge < -0.3 is 24.6 Å². The van der Waals surface area contributed by atoms with Gasteiger partial charge in [0.1, 0.15) is 6.61 Å². The van der Waals surface area contributed by atoms with Crippen molar-refractivity contribution >= 4 is 23.2 Å². The molecule has 1 saturated heterocycles. The van der Waals surface area contributed by atoms with Gasteiger partial charge in [-0.15, -0.1) is 0 Å². The van der Waals surface area contributed by atoms with Gasteiger partial charge in [0.15, 0.2) is 16.6 Å². The lowest BCUT2D eigenvalue weighted by Crippen LogP contribution is -2.57. The first-order valence-electron chi connectivity index (χ1n) is 9.43. The van der Waals surface area contributed by atoms with Crippen LogP contribution >= 0.6 is 12.2 Å². The molecular weight excluding hydrogens is 350 g/mol. The van der Waals surface area contributed by atoms with Gasteiger partial charge in [0.25, 0.3) is 5.91 Å². The summed E-state index contributed by atoms with van der Waals surface area (Å²) in [5, 5.41) is 4.31. The van der Waals surface area contributed by atoms with E-state index in [9.17, 15) is 4.79 Å². The Morgan fingerprint density at radius 2 is 1.69 bits per heavy atom. The minimum Gasteiger partial charge on any atom is -0.485 e. The van der Waals surface area contributed by atoms with E-state index in [0.29, 0.717) is 30.6 Å². The summed E-state index contributed by atoms with van der Waals surface area (Å²) >= 11 is 5.55. The van der Waals surface area contributed by atoms with Crippen LogP contribution in [0.5, 0.6) is 11.5 Å². The third kappa shape index (κ3) is 3.72. The molecule has 4 rings (SSSR count). The van der Waals surface area contributed by atoms with Gasteiger partial charge in [0, 0.05) is 32.2 Å². The van der Waals surface area contributed by atoms with E-state index in [-0.39, 0.29) is 12.5 Å². The molecule has 7 heteroatoms. The number of carbonyl (C=O) groups is 1. The van der Waals surface area contributed by atoms with E-state index in [4.69, 9.17) is 21.7 Å². The van der Waals surface area contributed by atoms with Crippen molar-refractivity contribution in [2.24, 2.45) is 0 Å². The van der Waals surface area contributed by atoms with E-state index in [1.807, 2.05) is 29.2 Å². The molecule has 0 bridgehead atoms. The number of para-hydroxylation sites is 2. The molecule has 1 aromatic rings. The maximum Gasteiger partial charge on any atom is 0.267 e. The smallest absolute Gasteiger partial charge is 0.267 e. The highest BCUT2D eigenvalue weighted by atomic mass is 32.1. The van der Waals surface area contributed by atoms with Crippen LogP contribution in [-0.2, 0) is 4.79 Å². The predicted molar refractivity (Wildman–Crippen MR) is 102 cm³/mol. The zero-order chi connectivity index (χ0) is 17.9. The Morgan fingerprint density at radius 3 is 2.42 bits per heavy atom. The Kier molecular flexibility index (Phi) is 5.15. The topological polar surface area (TPSA) is 54.0 Å². The molecule has 2 fully saturated rings. The van der Waals surface area contributed by atoms with Crippen molar-refractivity contribution in [1.82, 2.24) is 15.1 Å². The van der Waals surface area contributed by atoms with Crippen LogP contribution < -0.4 is 14.8 Å². The molecule has 0 aromatic heterocycles. The first-order valence-corrected chi connectivity index (χ1v) is 9.84. The van der Waals surface area contributed by atoms with Gasteiger partial charge >= 0.3 is 0 Å². The summed E-state index contributed by atoms with van der Waals surface area (Å²) < 4.78 is 11.5. The second-order valence-corrected chi connectivity index (χ2v) is 7.49. The fraction of sp³-hybridized carbons (Fsp3) is 0.579. The number of carbonyl (C=O) groups excluding carboxylic acids is 1. The molecular formula is C19H25N3O3S. The standard InChI is InChI=1S/C19H25N3O3S/c23-18(17-13-24-15-7-3-4-8-16(15)25-17)21-9-11-22(12-10-21)19(26)20-14-5-1-2-6-14/h3-4,7-8,14,17H,1-2,5-6,9-13H2,(H,20,26). The molecule has 1 atom stereocenters. The van der Waals surface area contributed by atoms with Gasteiger partial charge in [-0.2, -0.15) is 0 Å². The van der Waals surface area contributed by atoms with Crippen LogP contribution in [-0.4, -0.2) is 65.8 Å². The molecule has 0 spiro atoms. The zero-order valence-electron chi connectivity index (χ0n) is 14.9. The van der Waals surface area contributed by atoms with Crippen molar-refractivity contribution in [3.05, 3.63) is 24.3 Å². The molecule has 140 valence electrons. The summed E-state index contributed by atoms with van der Waals surface area (Å²) in [6.07, 6.45) is 4.42. The summed E-state index contributed by atoms with van der Waals surface area (Å²) in [7, 11) is 0. The molecule has 2 aliphatic heterocycles. The fourth-order valence-corrected chi connectivity index (χ4v) is 4.16. The van der Waals surface area contributed by atoms with E-state index in [1.165, 1.54) is 25.7 Å². The summed E-state index contributed by atoms with van der Waals surface area (Å²) in [5.41, 5.74) is 0. The zero-order valence-corrected chi connectivity index (χ0v) is 15.7. The van der Waals surface area contributed by atoms with Crippen molar-refractivity contribution < 1.29 is 14.3 Å². The van der Waals surface area contributed by atoms with Gasteiger partial charge in [-0.05, 0) is 37.2 Å². The van der Waals surface area contributed by atoms with Gasteiger partial charge in [-0.1, -0.05) is 25.0 Å². The molecule has 26 heavy (non-hydrogen) atoms. The van der Waals surface area contributed by atoms with Crippen molar-refractivity contribution in [2.75, 3.05) is 32.8 Å². The number of fused-ring (bicyclic) bond motifs is 1. The summed E-state index contributed by atoms with van der Waals surface area (Å²) in [5.74, 6) is 1.33. The maximum absolute atomic E-state index is 12.8. The Labute approximate surface area is 159 Å². The molecule has 1 aliphatic carbocycles. The Bertz CT molecular complexity index is 670. The third-order valence-corrected chi connectivity index (χ3v) is 5.72. The minimum absolute atomic E-state index is 0.00572. The Morgan fingerprint density at radius 1 is 1.04 bits per heavy atom. The Hall–Kier alpha value is -2.02. The van der Waals surface area contributed by atoms with Gasteiger partial charge in [0.2, 0.25) is 6.10 Å². The van der Waals surface area contributed by atoms with Crippen LogP contribution in [0.4, 0.5) is 0 Å². The highest BCUT2D eigenvalue weighted by Crippen LogP contribution is 2.31. The number of amides is 1. The lowest BCUT2D eigenvalue weighted by Gasteiger charge is -2.38. The lowest BCUT2D eigenvalue weighted by atomic mass is 10.2. The van der Waals surface area contributed by atoms with Crippen LogP contribution in [0, 0.1) is 0 Å². The molecule has 2 heterocycles. The van der Waals surface area contributed by atoms with Crippen LogP contribution in [0.3, 0.4) is 0 Å². The molecule has 3 aliphatic rings. The average Bonchev–Trinajstić information content (AvgIpc) is 3.20. The Balaban J connectivity index is 1.28. The average molecular weight is 375 g/mol. The van der Waals surface area contributed by atoms with E-state index in [2.05, 4.69) is 10.2 Å². The van der Waals surface area contributed by atoms with E-state index >= 15 is 0 Å².